The Balaban J connectivity index is 3.08. The van der Waals surface area contributed by atoms with Crippen LogP contribution in [0.5, 0.6) is 0 Å². The second kappa shape index (κ2) is 7.25. The number of nitrogens with zero attached hydrogens (tertiary/aromatic N) is 4. The molecular weight excluding hydrogens is 252 g/mol. The van der Waals surface area contributed by atoms with E-state index in [1.807, 2.05) is 6.07 Å². The van der Waals surface area contributed by atoms with Crippen LogP contribution in [0.4, 0.5) is 11.5 Å². The van der Waals surface area contributed by atoms with Crippen molar-refractivity contribution < 1.29 is 14.8 Å². The first-order chi connectivity index (χ1) is 9.13. The lowest BCUT2D eigenvalue weighted by Crippen LogP contribution is -2.31. The van der Waals surface area contributed by atoms with Crippen LogP contribution in [0, 0.1) is 21.4 Å². The molecule has 0 radical (unpaired) electrons. The summed E-state index contributed by atoms with van der Waals surface area (Å²) in [7, 11) is 1.53. The molecular formula is C11H14N4O4. The molecule has 19 heavy (non-hydrogen) atoms. The topological polar surface area (TPSA) is 113 Å². The van der Waals surface area contributed by atoms with Crippen LogP contribution >= 0.6 is 0 Å². The van der Waals surface area contributed by atoms with E-state index in [0.717, 1.165) is 6.20 Å². The van der Waals surface area contributed by atoms with E-state index in [1.54, 1.807) is 4.90 Å². The molecule has 0 aliphatic rings. The Bertz CT molecular complexity index is 486. The zero-order valence-electron chi connectivity index (χ0n) is 10.4. The molecule has 0 amide bonds. The van der Waals surface area contributed by atoms with Gasteiger partial charge < -0.3 is 14.7 Å². The Hall–Kier alpha value is -2.24. The smallest absolute Gasteiger partial charge is 0.289 e. The third-order valence-corrected chi connectivity index (χ3v) is 2.42. The fourth-order valence-corrected chi connectivity index (χ4v) is 1.53. The Kier molecular flexibility index (Phi) is 5.66. The standard InChI is InChI=1S/C11H14N4O4/c1-19-5-3-14(2-4-16)11-9(7-12)6-10(8-13-11)15(17)18/h6,8,16H,2-5H2,1H3. The van der Waals surface area contributed by atoms with E-state index in [9.17, 15) is 10.1 Å². The van der Waals surface area contributed by atoms with Crippen LogP contribution in [0.25, 0.3) is 0 Å². The Morgan fingerprint density at radius 2 is 2.37 bits per heavy atom. The van der Waals surface area contributed by atoms with Crippen molar-refractivity contribution >= 4 is 11.5 Å². The van der Waals surface area contributed by atoms with E-state index in [2.05, 4.69) is 4.98 Å². The lowest BCUT2D eigenvalue weighted by molar-refractivity contribution is -0.385. The molecule has 0 fully saturated rings. The van der Waals surface area contributed by atoms with Crippen LogP contribution < -0.4 is 4.90 Å². The van der Waals surface area contributed by atoms with Crippen molar-refractivity contribution in [2.24, 2.45) is 0 Å². The molecule has 0 atom stereocenters. The molecule has 0 aliphatic heterocycles. The molecule has 0 unspecified atom stereocenters. The van der Waals surface area contributed by atoms with Crippen molar-refractivity contribution in [3.8, 4) is 6.07 Å². The van der Waals surface area contributed by atoms with Crippen molar-refractivity contribution in [2.45, 2.75) is 0 Å². The van der Waals surface area contributed by atoms with Gasteiger partial charge in [-0.1, -0.05) is 0 Å². The number of rotatable bonds is 7. The van der Waals surface area contributed by atoms with Gasteiger partial charge in [0.05, 0.1) is 18.1 Å². The lowest BCUT2D eigenvalue weighted by Gasteiger charge is -2.22. The number of hydrogen-bond acceptors (Lipinski definition) is 7. The summed E-state index contributed by atoms with van der Waals surface area (Å²) in [4.78, 5) is 15.6. The lowest BCUT2D eigenvalue weighted by atomic mass is 10.2. The molecule has 1 heterocycles. The second-order valence-corrected chi connectivity index (χ2v) is 3.64. The van der Waals surface area contributed by atoms with Crippen LogP contribution in [0.2, 0.25) is 0 Å². The average Bonchev–Trinajstić information content (AvgIpc) is 2.42. The number of aliphatic hydroxyl groups is 1. The molecule has 1 aromatic rings. The summed E-state index contributed by atoms with van der Waals surface area (Å²) in [6, 6.07) is 3.04. The maximum atomic E-state index is 10.6. The van der Waals surface area contributed by atoms with Crippen molar-refractivity contribution in [1.82, 2.24) is 4.98 Å². The van der Waals surface area contributed by atoms with Gasteiger partial charge in [-0.2, -0.15) is 5.26 Å². The van der Waals surface area contributed by atoms with Gasteiger partial charge in [-0.05, 0) is 0 Å². The van der Waals surface area contributed by atoms with Gasteiger partial charge in [-0.3, -0.25) is 10.1 Å². The van der Waals surface area contributed by atoms with E-state index in [1.165, 1.54) is 13.2 Å². The minimum atomic E-state index is -0.608. The SMILES string of the molecule is COCCN(CCO)c1ncc([N+](=O)[O-])cc1C#N. The van der Waals surface area contributed by atoms with Crippen LogP contribution in [0.15, 0.2) is 12.3 Å². The largest absolute Gasteiger partial charge is 0.395 e. The molecule has 0 bridgehead atoms. The summed E-state index contributed by atoms with van der Waals surface area (Å²) >= 11 is 0. The van der Waals surface area contributed by atoms with Crippen LogP contribution in [0.1, 0.15) is 5.56 Å². The van der Waals surface area contributed by atoms with Gasteiger partial charge in [-0.25, -0.2) is 4.98 Å². The summed E-state index contributed by atoms with van der Waals surface area (Å²) in [6.45, 7) is 0.968. The molecule has 0 aliphatic carbocycles. The van der Waals surface area contributed by atoms with E-state index in [4.69, 9.17) is 15.1 Å². The quantitative estimate of drug-likeness (QED) is 0.558. The molecule has 0 saturated carbocycles. The highest BCUT2D eigenvalue weighted by Gasteiger charge is 2.16. The first-order valence-electron chi connectivity index (χ1n) is 5.53. The molecule has 8 nitrogen and oxygen atoms in total. The molecule has 0 saturated heterocycles. The third kappa shape index (κ3) is 3.87. The van der Waals surface area contributed by atoms with Crippen molar-refractivity contribution in [2.75, 3.05) is 38.3 Å². The second-order valence-electron chi connectivity index (χ2n) is 3.64. The molecule has 0 aromatic carbocycles. The normalized spacial score (nSPS) is 9.95. The summed E-state index contributed by atoms with van der Waals surface area (Å²) in [5, 5.41) is 28.7. The van der Waals surface area contributed by atoms with Gasteiger partial charge in [0.1, 0.15) is 23.6 Å². The predicted octanol–water partition coefficient (Wildman–Crippen LogP) is 0.307. The van der Waals surface area contributed by atoms with Gasteiger partial charge in [0.2, 0.25) is 0 Å². The highest BCUT2D eigenvalue weighted by Crippen LogP contribution is 2.21. The fraction of sp³-hybridized carbons (Fsp3) is 0.455. The summed E-state index contributed by atoms with van der Waals surface area (Å²) < 4.78 is 4.93. The maximum Gasteiger partial charge on any atom is 0.289 e. The summed E-state index contributed by atoms with van der Waals surface area (Å²) in [6.07, 6.45) is 1.09. The first-order valence-corrected chi connectivity index (χ1v) is 5.53. The molecule has 8 heteroatoms. The minimum Gasteiger partial charge on any atom is -0.395 e. The fourth-order valence-electron chi connectivity index (χ4n) is 1.53. The van der Waals surface area contributed by atoms with Crippen molar-refractivity contribution in [3.05, 3.63) is 27.9 Å². The predicted molar refractivity (Wildman–Crippen MR) is 66.8 cm³/mol. The van der Waals surface area contributed by atoms with Crippen LogP contribution in [0.3, 0.4) is 0 Å². The third-order valence-electron chi connectivity index (χ3n) is 2.42. The number of hydrogen-bond donors (Lipinski definition) is 1. The number of nitriles is 1. The maximum absolute atomic E-state index is 10.6. The highest BCUT2D eigenvalue weighted by molar-refractivity contribution is 5.57. The summed E-state index contributed by atoms with van der Waals surface area (Å²) in [5.41, 5.74) is -0.144. The minimum absolute atomic E-state index is 0.0961. The Morgan fingerprint density at radius 3 is 2.89 bits per heavy atom. The first kappa shape index (κ1) is 14.8. The molecule has 1 N–H and O–H groups in total. The summed E-state index contributed by atoms with van der Waals surface area (Å²) in [5.74, 6) is 0.305. The van der Waals surface area contributed by atoms with Crippen molar-refractivity contribution in [3.63, 3.8) is 0 Å². The zero-order valence-corrected chi connectivity index (χ0v) is 10.4. The van der Waals surface area contributed by atoms with E-state index in [0.29, 0.717) is 19.0 Å². The number of aliphatic hydroxyl groups excluding tert-OH is 1. The van der Waals surface area contributed by atoms with E-state index >= 15 is 0 Å². The number of anilines is 1. The van der Waals surface area contributed by atoms with Gasteiger partial charge in [0.25, 0.3) is 5.69 Å². The molecule has 102 valence electrons. The van der Waals surface area contributed by atoms with Gasteiger partial charge in [0, 0.05) is 26.3 Å². The molecule has 1 rings (SSSR count). The van der Waals surface area contributed by atoms with E-state index in [-0.39, 0.29) is 24.4 Å². The number of ether oxygens (including phenoxy) is 1. The van der Waals surface area contributed by atoms with Gasteiger partial charge >= 0.3 is 0 Å². The van der Waals surface area contributed by atoms with Crippen LogP contribution in [-0.2, 0) is 4.74 Å². The number of nitro groups is 1. The Labute approximate surface area is 110 Å². The van der Waals surface area contributed by atoms with Gasteiger partial charge in [0.15, 0.2) is 0 Å². The van der Waals surface area contributed by atoms with Crippen molar-refractivity contribution in [1.29, 1.82) is 5.26 Å². The molecule has 0 spiro atoms. The Morgan fingerprint density at radius 1 is 1.63 bits per heavy atom. The number of aromatic nitrogens is 1. The highest BCUT2D eigenvalue weighted by atomic mass is 16.6. The number of methoxy groups -OCH3 is 1. The average molecular weight is 266 g/mol. The van der Waals surface area contributed by atoms with Crippen LogP contribution in [-0.4, -0.2) is 48.4 Å². The molecule has 1 aromatic heterocycles. The zero-order chi connectivity index (χ0) is 14.3. The van der Waals surface area contributed by atoms with E-state index < -0.39 is 4.92 Å². The number of pyridine rings is 1. The van der Waals surface area contributed by atoms with Gasteiger partial charge in [-0.15, -0.1) is 0 Å². The monoisotopic (exact) mass is 266 g/mol.